The van der Waals surface area contributed by atoms with Gasteiger partial charge in [-0.25, -0.2) is 0 Å². The predicted octanol–water partition coefficient (Wildman–Crippen LogP) is 0.367. The Morgan fingerprint density at radius 3 is 2.87 bits per heavy atom. The van der Waals surface area contributed by atoms with Crippen LogP contribution in [0.3, 0.4) is 0 Å². The Kier molecular flexibility index (Phi) is 3.85. The molecule has 0 fully saturated rings. The van der Waals surface area contributed by atoms with Crippen molar-refractivity contribution in [1.29, 1.82) is 0 Å². The van der Waals surface area contributed by atoms with Gasteiger partial charge in [-0.2, -0.15) is 5.10 Å². The number of carboxylic acids is 1. The van der Waals surface area contributed by atoms with Gasteiger partial charge in [0.25, 0.3) is 0 Å². The third-order valence-corrected chi connectivity index (χ3v) is 2.66. The van der Waals surface area contributed by atoms with Gasteiger partial charge in [-0.1, -0.05) is 0 Å². The lowest BCUT2D eigenvalue weighted by Crippen LogP contribution is -2.37. The fourth-order valence-corrected chi connectivity index (χ4v) is 1.32. The van der Waals surface area contributed by atoms with Gasteiger partial charge in [0.15, 0.2) is 0 Å². The first-order valence-corrected chi connectivity index (χ1v) is 4.92. The fraction of sp³-hybridized carbons (Fsp3) is 0.600. The summed E-state index contributed by atoms with van der Waals surface area (Å²) in [4.78, 5) is 12.5. The SMILES string of the molecule is CC(C(=O)O)N(C)CCc1ccnn1C. The Morgan fingerprint density at radius 1 is 1.73 bits per heavy atom. The average Bonchev–Trinajstić information content (AvgIpc) is 2.59. The van der Waals surface area contributed by atoms with Crippen molar-refractivity contribution in [2.45, 2.75) is 19.4 Å². The van der Waals surface area contributed by atoms with Crippen molar-refractivity contribution in [3.05, 3.63) is 18.0 Å². The van der Waals surface area contributed by atoms with Gasteiger partial charge in [0.05, 0.1) is 0 Å². The zero-order valence-electron chi connectivity index (χ0n) is 9.34. The molecule has 1 atom stereocenters. The summed E-state index contributed by atoms with van der Waals surface area (Å²) in [6, 6.07) is 1.50. The Balaban J connectivity index is 2.44. The van der Waals surface area contributed by atoms with E-state index >= 15 is 0 Å². The summed E-state index contributed by atoms with van der Waals surface area (Å²) < 4.78 is 1.80. The third kappa shape index (κ3) is 3.06. The van der Waals surface area contributed by atoms with Gasteiger partial charge in [0, 0.05) is 31.9 Å². The van der Waals surface area contributed by atoms with Crippen LogP contribution in [-0.4, -0.2) is 45.4 Å². The van der Waals surface area contributed by atoms with Crippen LogP contribution in [0.25, 0.3) is 0 Å². The lowest BCUT2D eigenvalue weighted by molar-refractivity contribution is -0.142. The molecule has 0 aliphatic heterocycles. The summed E-state index contributed by atoms with van der Waals surface area (Å²) in [5.74, 6) is -0.789. The zero-order valence-corrected chi connectivity index (χ0v) is 9.34. The lowest BCUT2D eigenvalue weighted by atomic mass is 10.2. The maximum absolute atomic E-state index is 10.7. The molecule has 1 aromatic rings. The Bertz CT molecular complexity index is 335. The van der Waals surface area contributed by atoms with Gasteiger partial charge in [0.2, 0.25) is 0 Å². The molecule has 84 valence electrons. The van der Waals surface area contributed by atoms with Gasteiger partial charge in [0.1, 0.15) is 6.04 Å². The third-order valence-electron chi connectivity index (χ3n) is 2.66. The zero-order chi connectivity index (χ0) is 11.4. The molecule has 0 spiro atoms. The van der Waals surface area contributed by atoms with Crippen LogP contribution in [0.15, 0.2) is 12.3 Å². The van der Waals surface area contributed by atoms with E-state index in [4.69, 9.17) is 5.11 Å². The van der Waals surface area contributed by atoms with Crippen LogP contribution in [0.4, 0.5) is 0 Å². The van der Waals surface area contributed by atoms with Crippen molar-refractivity contribution in [1.82, 2.24) is 14.7 Å². The lowest BCUT2D eigenvalue weighted by Gasteiger charge is -2.20. The molecule has 0 saturated heterocycles. The number of hydrogen-bond acceptors (Lipinski definition) is 3. The van der Waals surface area contributed by atoms with Crippen LogP contribution in [0, 0.1) is 0 Å². The molecule has 0 aromatic carbocycles. The van der Waals surface area contributed by atoms with Gasteiger partial charge in [-0.05, 0) is 20.0 Å². The van der Waals surface area contributed by atoms with Gasteiger partial charge in [-0.3, -0.25) is 14.4 Å². The number of nitrogens with zero attached hydrogens (tertiary/aromatic N) is 3. The largest absolute Gasteiger partial charge is 0.480 e. The number of carbonyl (C=O) groups is 1. The smallest absolute Gasteiger partial charge is 0.320 e. The molecule has 0 aliphatic rings. The van der Waals surface area contributed by atoms with E-state index < -0.39 is 12.0 Å². The number of likely N-dealkylation sites (N-methyl/N-ethyl adjacent to an activating group) is 1. The highest BCUT2D eigenvalue weighted by Crippen LogP contribution is 2.01. The van der Waals surface area contributed by atoms with E-state index in [1.54, 1.807) is 17.8 Å². The van der Waals surface area contributed by atoms with Crippen molar-refractivity contribution in [3.63, 3.8) is 0 Å². The molecular formula is C10H17N3O2. The van der Waals surface area contributed by atoms with E-state index in [0.717, 1.165) is 12.1 Å². The summed E-state index contributed by atoms with van der Waals surface area (Å²) in [6.45, 7) is 2.40. The molecule has 1 aromatic heterocycles. The number of carboxylic acid groups (broad SMARTS) is 1. The molecule has 0 radical (unpaired) electrons. The average molecular weight is 211 g/mol. The minimum atomic E-state index is -0.789. The second-order valence-corrected chi connectivity index (χ2v) is 3.69. The minimum absolute atomic E-state index is 0.446. The first kappa shape index (κ1) is 11.7. The molecule has 5 nitrogen and oxygen atoms in total. The van der Waals surface area contributed by atoms with Gasteiger partial charge >= 0.3 is 5.97 Å². The Morgan fingerprint density at radius 2 is 2.40 bits per heavy atom. The normalized spacial score (nSPS) is 13.1. The highest BCUT2D eigenvalue weighted by Gasteiger charge is 2.16. The summed E-state index contributed by atoms with van der Waals surface area (Å²) in [5.41, 5.74) is 1.11. The van der Waals surface area contributed by atoms with E-state index in [9.17, 15) is 4.79 Å². The maximum atomic E-state index is 10.7. The summed E-state index contributed by atoms with van der Waals surface area (Å²) >= 11 is 0. The van der Waals surface area contributed by atoms with Crippen LogP contribution in [0.5, 0.6) is 0 Å². The molecule has 0 bridgehead atoms. The molecule has 1 N–H and O–H groups in total. The Hall–Kier alpha value is -1.36. The van der Waals surface area contributed by atoms with Gasteiger partial charge in [-0.15, -0.1) is 0 Å². The van der Waals surface area contributed by atoms with Crippen molar-refractivity contribution in [2.75, 3.05) is 13.6 Å². The number of aliphatic carboxylic acids is 1. The first-order chi connectivity index (χ1) is 7.02. The number of aryl methyl sites for hydroxylation is 1. The highest BCUT2D eigenvalue weighted by atomic mass is 16.4. The quantitative estimate of drug-likeness (QED) is 0.764. The van der Waals surface area contributed by atoms with Crippen LogP contribution in [0.1, 0.15) is 12.6 Å². The Labute approximate surface area is 89.3 Å². The molecule has 0 saturated carbocycles. The molecule has 1 heterocycles. The van der Waals surface area contributed by atoms with Gasteiger partial charge < -0.3 is 5.11 Å². The van der Waals surface area contributed by atoms with Crippen molar-refractivity contribution >= 4 is 5.97 Å². The molecule has 0 aliphatic carbocycles. The molecular weight excluding hydrogens is 194 g/mol. The minimum Gasteiger partial charge on any atom is -0.480 e. The number of rotatable bonds is 5. The topological polar surface area (TPSA) is 58.4 Å². The van der Waals surface area contributed by atoms with E-state index in [0.29, 0.717) is 6.54 Å². The number of hydrogen-bond donors (Lipinski definition) is 1. The van der Waals surface area contributed by atoms with Crippen molar-refractivity contribution in [3.8, 4) is 0 Å². The van der Waals surface area contributed by atoms with Crippen LogP contribution in [0.2, 0.25) is 0 Å². The van der Waals surface area contributed by atoms with Crippen molar-refractivity contribution in [2.24, 2.45) is 7.05 Å². The van der Waals surface area contributed by atoms with Crippen molar-refractivity contribution < 1.29 is 9.90 Å². The van der Waals surface area contributed by atoms with Crippen LogP contribution < -0.4 is 0 Å². The monoisotopic (exact) mass is 211 g/mol. The standard InChI is InChI=1S/C10H17N3O2/c1-8(10(14)15)12(2)7-5-9-4-6-11-13(9)3/h4,6,8H,5,7H2,1-3H3,(H,14,15). The molecule has 1 rings (SSSR count). The molecule has 0 amide bonds. The van der Waals surface area contributed by atoms with E-state index in [1.165, 1.54) is 0 Å². The highest BCUT2D eigenvalue weighted by molar-refractivity contribution is 5.72. The predicted molar refractivity (Wildman–Crippen MR) is 56.6 cm³/mol. The first-order valence-electron chi connectivity index (χ1n) is 4.92. The second-order valence-electron chi connectivity index (χ2n) is 3.69. The van der Waals surface area contributed by atoms with E-state index in [1.807, 2.05) is 25.1 Å². The fourth-order valence-electron chi connectivity index (χ4n) is 1.32. The van der Waals surface area contributed by atoms with Crippen LogP contribution >= 0.6 is 0 Å². The summed E-state index contributed by atoms with van der Waals surface area (Å²) in [6.07, 6.45) is 2.56. The molecule has 1 unspecified atom stereocenters. The second kappa shape index (κ2) is 4.93. The molecule has 15 heavy (non-hydrogen) atoms. The summed E-state index contributed by atoms with van der Waals surface area (Å²) in [7, 11) is 3.70. The maximum Gasteiger partial charge on any atom is 0.320 e. The molecule has 5 heteroatoms. The number of aromatic nitrogens is 2. The summed E-state index contributed by atoms with van der Waals surface area (Å²) in [5, 5.41) is 12.9. The van der Waals surface area contributed by atoms with Crippen LogP contribution in [-0.2, 0) is 18.3 Å². The van der Waals surface area contributed by atoms with E-state index in [2.05, 4.69) is 5.10 Å². The van der Waals surface area contributed by atoms with E-state index in [-0.39, 0.29) is 0 Å².